The van der Waals surface area contributed by atoms with E-state index < -0.39 is 0 Å². The quantitative estimate of drug-likeness (QED) is 0.583. The summed E-state index contributed by atoms with van der Waals surface area (Å²) in [6.07, 6.45) is 3.28. The molecule has 0 amide bonds. The lowest BCUT2D eigenvalue weighted by Crippen LogP contribution is -2.10. The first-order valence-electron chi connectivity index (χ1n) is 4.97. The summed E-state index contributed by atoms with van der Waals surface area (Å²) in [4.78, 5) is 8.32. The van der Waals surface area contributed by atoms with Gasteiger partial charge in [0.15, 0.2) is 5.82 Å². The summed E-state index contributed by atoms with van der Waals surface area (Å²) < 4.78 is 1.90. The zero-order chi connectivity index (χ0) is 11.5. The lowest BCUT2D eigenvalue weighted by Gasteiger charge is -2.04. The van der Waals surface area contributed by atoms with Crippen molar-refractivity contribution in [3.05, 3.63) is 35.5 Å². The summed E-state index contributed by atoms with van der Waals surface area (Å²) in [5.74, 6) is 5.76. The van der Waals surface area contributed by atoms with Crippen molar-refractivity contribution in [1.29, 1.82) is 0 Å². The lowest BCUT2D eigenvalue weighted by atomic mass is 10.4. The molecule has 0 unspecified atom stereocenters. The second-order valence-corrected chi connectivity index (χ2v) is 3.62. The predicted molar refractivity (Wildman–Crippen MR) is 60.6 cm³/mol. The van der Waals surface area contributed by atoms with Gasteiger partial charge in [0.25, 0.3) is 0 Å². The fourth-order valence-corrected chi connectivity index (χ4v) is 1.50. The van der Waals surface area contributed by atoms with E-state index in [0.29, 0.717) is 12.4 Å². The van der Waals surface area contributed by atoms with E-state index in [1.165, 1.54) is 0 Å². The van der Waals surface area contributed by atoms with Crippen molar-refractivity contribution in [3.63, 3.8) is 0 Å². The van der Waals surface area contributed by atoms with Crippen LogP contribution in [0.4, 0.5) is 5.82 Å². The van der Waals surface area contributed by atoms with Crippen molar-refractivity contribution >= 4 is 5.82 Å². The summed E-state index contributed by atoms with van der Waals surface area (Å²) in [6, 6.07) is 2.03. The standard InChI is InChI=1S/C10H14N6/c1-7-3-8(2)16(15-7)6-9-4-13-10(14-11)5-12-9/h3-5H,6,11H2,1-2H3,(H,13,14). The molecule has 2 heterocycles. The molecule has 2 rings (SSSR count). The smallest absolute Gasteiger partial charge is 0.158 e. The lowest BCUT2D eigenvalue weighted by molar-refractivity contribution is 0.644. The van der Waals surface area contributed by atoms with Gasteiger partial charge in [-0.25, -0.2) is 10.8 Å². The average molecular weight is 218 g/mol. The molecule has 0 saturated heterocycles. The number of nitrogens with zero attached hydrogens (tertiary/aromatic N) is 4. The number of nitrogen functional groups attached to an aromatic ring is 1. The molecule has 2 aromatic rings. The van der Waals surface area contributed by atoms with Gasteiger partial charge in [-0.3, -0.25) is 9.67 Å². The van der Waals surface area contributed by atoms with Gasteiger partial charge in [-0.2, -0.15) is 5.10 Å². The van der Waals surface area contributed by atoms with Crippen LogP contribution < -0.4 is 11.3 Å². The Kier molecular flexibility index (Phi) is 2.82. The molecule has 16 heavy (non-hydrogen) atoms. The minimum Gasteiger partial charge on any atom is -0.307 e. The third kappa shape index (κ3) is 2.17. The highest BCUT2D eigenvalue weighted by molar-refractivity contribution is 5.28. The summed E-state index contributed by atoms with van der Waals surface area (Å²) >= 11 is 0. The zero-order valence-corrected chi connectivity index (χ0v) is 9.31. The van der Waals surface area contributed by atoms with Gasteiger partial charge in [-0.15, -0.1) is 0 Å². The molecule has 3 N–H and O–H groups in total. The third-order valence-electron chi connectivity index (χ3n) is 2.27. The van der Waals surface area contributed by atoms with Crippen LogP contribution in [0.1, 0.15) is 17.1 Å². The van der Waals surface area contributed by atoms with Crippen LogP contribution in [0.2, 0.25) is 0 Å². The monoisotopic (exact) mass is 218 g/mol. The Labute approximate surface area is 93.5 Å². The Bertz CT molecular complexity index is 473. The molecule has 84 valence electrons. The number of rotatable bonds is 3. The van der Waals surface area contributed by atoms with Crippen LogP contribution in [-0.4, -0.2) is 19.7 Å². The van der Waals surface area contributed by atoms with E-state index in [1.54, 1.807) is 12.4 Å². The third-order valence-corrected chi connectivity index (χ3v) is 2.27. The first kappa shape index (κ1) is 10.6. The molecule has 0 spiro atoms. The van der Waals surface area contributed by atoms with Gasteiger partial charge >= 0.3 is 0 Å². The van der Waals surface area contributed by atoms with Crippen LogP contribution in [0, 0.1) is 13.8 Å². The molecule has 0 saturated carbocycles. The first-order chi connectivity index (χ1) is 7.69. The second kappa shape index (κ2) is 4.28. The topological polar surface area (TPSA) is 81.7 Å². The molecule has 6 nitrogen and oxygen atoms in total. The molecule has 0 aromatic carbocycles. The van der Waals surface area contributed by atoms with Crippen molar-refractivity contribution in [1.82, 2.24) is 19.7 Å². The molecular weight excluding hydrogens is 204 g/mol. The van der Waals surface area contributed by atoms with Crippen molar-refractivity contribution in [2.75, 3.05) is 5.43 Å². The highest BCUT2D eigenvalue weighted by atomic mass is 15.3. The average Bonchev–Trinajstić information content (AvgIpc) is 2.59. The van der Waals surface area contributed by atoms with E-state index in [2.05, 4.69) is 20.5 Å². The molecule has 0 bridgehead atoms. The van der Waals surface area contributed by atoms with Crippen LogP contribution in [0.3, 0.4) is 0 Å². The number of aromatic nitrogens is 4. The Morgan fingerprint density at radius 1 is 1.31 bits per heavy atom. The number of hydrogen-bond acceptors (Lipinski definition) is 5. The molecular formula is C10H14N6. The second-order valence-electron chi connectivity index (χ2n) is 3.62. The van der Waals surface area contributed by atoms with E-state index >= 15 is 0 Å². The van der Waals surface area contributed by atoms with Gasteiger partial charge < -0.3 is 5.43 Å². The van der Waals surface area contributed by atoms with Crippen LogP contribution in [0.25, 0.3) is 0 Å². The molecule has 6 heteroatoms. The van der Waals surface area contributed by atoms with Crippen molar-refractivity contribution < 1.29 is 0 Å². The van der Waals surface area contributed by atoms with E-state index in [-0.39, 0.29) is 0 Å². The van der Waals surface area contributed by atoms with Crippen LogP contribution in [0.5, 0.6) is 0 Å². The number of nitrogens with one attached hydrogen (secondary N) is 1. The minimum absolute atomic E-state index is 0.553. The fraction of sp³-hybridized carbons (Fsp3) is 0.300. The summed E-state index contributed by atoms with van der Waals surface area (Å²) in [5, 5.41) is 4.36. The van der Waals surface area contributed by atoms with Gasteiger partial charge in [0.05, 0.1) is 30.3 Å². The van der Waals surface area contributed by atoms with Gasteiger partial charge in [0.1, 0.15) is 0 Å². The van der Waals surface area contributed by atoms with E-state index in [9.17, 15) is 0 Å². The zero-order valence-electron chi connectivity index (χ0n) is 9.31. The molecule has 2 aromatic heterocycles. The van der Waals surface area contributed by atoms with E-state index in [4.69, 9.17) is 5.84 Å². The first-order valence-corrected chi connectivity index (χ1v) is 4.97. The van der Waals surface area contributed by atoms with Crippen LogP contribution >= 0.6 is 0 Å². The molecule has 0 aliphatic rings. The maximum absolute atomic E-state index is 5.21. The van der Waals surface area contributed by atoms with Crippen LogP contribution in [0.15, 0.2) is 18.5 Å². The molecule has 0 atom stereocenters. The largest absolute Gasteiger partial charge is 0.307 e. The Morgan fingerprint density at radius 2 is 2.12 bits per heavy atom. The Hall–Kier alpha value is -1.95. The molecule has 0 radical (unpaired) electrons. The fourth-order valence-electron chi connectivity index (χ4n) is 1.50. The number of hydrogen-bond donors (Lipinski definition) is 2. The SMILES string of the molecule is Cc1cc(C)n(Cc2cnc(NN)cn2)n1. The molecule has 0 aliphatic carbocycles. The van der Waals surface area contributed by atoms with Gasteiger partial charge in [0.2, 0.25) is 0 Å². The normalized spacial score (nSPS) is 10.4. The van der Waals surface area contributed by atoms with Gasteiger partial charge in [-0.1, -0.05) is 0 Å². The Morgan fingerprint density at radius 3 is 2.62 bits per heavy atom. The van der Waals surface area contributed by atoms with Crippen LogP contribution in [-0.2, 0) is 6.54 Å². The minimum atomic E-state index is 0.553. The van der Waals surface area contributed by atoms with E-state index in [0.717, 1.165) is 17.1 Å². The molecule has 0 fully saturated rings. The highest BCUT2D eigenvalue weighted by Crippen LogP contribution is 2.05. The molecule has 0 aliphatic heterocycles. The van der Waals surface area contributed by atoms with Gasteiger partial charge in [0, 0.05) is 5.69 Å². The number of hydrazine groups is 1. The number of nitrogens with two attached hydrogens (primary N) is 1. The summed E-state index contributed by atoms with van der Waals surface area (Å²) in [7, 11) is 0. The van der Waals surface area contributed by atoms with E-state index in [1.807, 2.05) is 24.6 Å². The predicted octanol–water partition coefficient (Wildman–Crippen LogP) is 0.624. The maximum Gasteiger partial charge on any atom is 0.158 e. The summed E-state index contributed by atoms with van der Waals surface area (Å²) in [5.41, 5.74) is 5.41. The number of aryl methyl sites for hydroxylation is 2. The van der Waals surface area contributed by atoms with Gasteiger partial charge in [-0.05, 0) is 19.9 Å². The number of anilines is 1. The Balaban J connectivity index is 2.17. The van der Waals surface area contributed by atoms with Crippen molar-refractivity contribution in [2.24, 2.45) is 5.84 Å². The van der Waals surface area contributed by atoms with Crippen molar-refractivity contribution in [2.45, 2.75) is 20.4 Å². The van der Waals surface area contributed by atoms with Crippen molar-refractivity contribution in [3.8, 4) is 0 Å². The maximum atomic E-state index is 5.21. The highest BCUT2D eigenvalue weighted by Gasteiger charge is 2.03. The summed E-state index contributed by atoms with van der Waals surface area (Å²) in [6.45, 7) is 4.61.